The van der Waals surface area contributed by atoms with Crippen LogP contribution in [0.5, 0.6) is 0 Å². The Morgan fingerprint density at radius 1 is 1.62 bits per heavy atom. The Morgan fingerprint density at radius 2 is 2.31 bits per heavy atom. The maximum absolute atomic E-state index is 13.3. The highest BCUT2D eigenvalue weighted by Crippen LogP contribution is 2.33. The summed E-state index contributed by atoms with van der Waals surface area (Å²) >= 11 is 0.866. The molecular formula is C9H12FN3O2S. The zero-order chi connectivity index (χ0) is 12.1. The molecule has 5 nitrogen and oxygen atoms in total. The van der Waals surface area contributed by atoms with Gasteiger partial charge in [-0.15, -0.1) is 0 Å². The van der Waals surface area contributed by atoms with E-state index in [4.69, 9.17) is 16.7 Å². The van der Waals surface area contributed by atoms with E-state index in [0.717, 1.165) is 11.8 Å². The minimum absolute atomic E-state index is 0.0178. The summed E-state index contributed by atoms with van der Waals surface area (Å²) in [7, 11) is 0. The molecule has 0 unspecified atom stereocenters. The molecule has 88 valence electrons. The Hall–Kier alpha value is -1.47. The van der Waals surface area contributed by atoms with E-state index in [-0.39, 0.29) is 10.9 Å². The van der Waals surface area contributed by atoms with Crippen LogP contribution in [0, 0.1) is 0 Å². The molecule has 0 aromatic carbocycles. The minimum atomic E-state index is -1.30. The number of halogens is 1. The summed E-state index contributed by atoms with van der Waals surface area (Å²) in [4.78, 5) is 10.9. The van der Waals surface area contributed by atoms with Gasteiger partial charge in [-0.2, -0.15) is 0 Å². The molecule has 0 aliphatic heterocycles. The lowest BCUT2D eigenvalue weighted by Crippen LogP contribution is -2.26. The molecule has 0 atom stereocenters. The summed E-state index contributed by atoms with van der Waals surface area (Å²) in [6.45, 7) is 0. The highest BCUT2D eigenvalue weighted by Gasteiger charge is 2.15. The van der Waals surface area contributed by atoms with E-state index in [2.05, 4.69) is 5.43 Å². The average molecular weight is 245 g/mol. The van der Waals surface area contributed by atoms with Crippen molar-refractivity contribution in [2.45, 2.75) is 12.8 Å². The Labute approximate surface area is 96.0 Å². The molecule has 0 bridgehead atoms. The van der Waals surface area contributed by atoms with Crippen LogP contribution >= 0.6 is 11.8 Å². The van der Waals surface area contributed by atoms with Gasteiger partial charge in [-0.05, 0) is 12.5 Å². The predicted octanol–water partition coefficient (Wildman–Crippen LogP) is 0.926. The third kappa shape index (κ3) is 3.01. The largest absolute Gasteiger partial charge is 0.477 e. The number of hydrogen-bond acceptors (Lipinski definition) is 5. The second-order valence-electron chi connectivity index (χ2n) is 3.00. The van der Waals surface area contributed by atoms with Crippen LogP contribution in [0.4, 0.5) is 4.39 Å². The number of hydrogen-bond donors (Lipinski definition) is 4. The molecule has 0 aromatic heterocycles. The summed E-state index contributed by atoms with van der Waals surface area (Å²) in [6, 6.07) is 0. The number of nitrogens with two attached hydrogens (primary N) is 2. The zero-order valence-electron chi connectivity index (χ0n) is 8.37. The normalized spacial score (nSPS) is 17.1. The number of carboxylic acid groups (broad SMARTS) is 1. The third-order valence-corrected chi connectivity index (χ3v) is 3.00. The molecular weight excluding hydrogens is 233 g/mol. The van der Waals surface area contributed by atoms with Gasteiger partial charge in [0, 0.05) is 11.3 Å². The lowest BCUT2D eigenvalue weighted by atomic mass is 10.2. The molecule has 16 heavy (non-hydrogen) atoms. The van der Waals surface area contributed by atoms with Crippen LogP contribution in [0.15, 0.2) is 33.6 Å². The highest BCUT2D eigenvalue weighted by molar-refractivity contribution is 8.06. The quantitative estimate of drug-likeness (QED) is 0.334. The van der Waals surface area contributed by atoms with Crippen LogP contribution in [0.1, 0.15) is 12.8 Å². The zero-order valence-corrected chi connectivity index (χ0v) is 9.18. The molecule has 0 fully saturated rings. The van der Waals surface area contributed by atoms with E-state index >= 15 is 0 Å². The second-order valence-corrected chi connectivity index (χ2v) is 4.06. The van der Waals surface area contributed by atoms with E-state index in [1.165, 1.54) is 0 Å². The topological polar surface area (TPSA) is 101 Å². The van der Waals surface area contributed by atoms with Crippen molar-refractivity contribution in [1.82, 2.24) is 5.43 Å². The van der Waals surface area contributed by atoms with Crippen molar-refractivity contribution in [3.63, 3.8) is 0 Å². The number of rotatable bonds is 4. The fourth-order valence-electron chi connectivity index (χ4n) is 1.07. The first kappa shape index (κ1) is 12.6. The summed E-state index contributed by atoms with van der Waals surface area (Å²) < 4.78 is 13.3. The molecule has 1 rings (SSSR count). The molecule has 6 N–H and O–H groups in total. The number of allylic oxidation sites excluding steroid dienone is 3. The van der Waals surface area contributed by atoms with Gasteiger partial charge < -0.3 is 16.3 Å². The first-order chi connectivity index (χ1) is 7.56. The van der Waals surface area contributed by atoms with Gasteiger partial charge in [0.2, 0.25) is 0 Å². The van der Waals surface area contributed by atoms with Crippen molar-refractivity contribution in [3.05, 3.63) is 33.6 Å². The number of carboxylic acids is 1. The molecule has 0 spiro atoms. The fraction of sp³-hybridized carbons (Fsp3) is 0.222. The Kier molecular flexibility index (Phi) is 4.39. The van der Waals surface area contributed by atoms with Gasteiger partial charge in [-0.3, -0.25) is 0 Å². The molecule has 0 heterocycles. The van der Waals surface area contributed by atoms with Crippen LogP contribution in [-0.2, 0) is 4.79 Å². The van der Waals surface area contributed by atoms with Gasteiger partial charge in [0.1, 0.15) is 16.6 Å². The number of carbonyl (C=O) groups is 1. The number of nitrogens with one attached hydrogen (secondary N) is 1. The van der Waals surface area contributed by atoms with Crippen LogP contribution in [0.3, 0.4) is 0 Å². The molecule has 7 heteroatoms. The lowest BCUT2D eigenvalue weighted by Gasteiger charge is -2.12. The first-order valence-electron chi connectivity index (χ1n) is 4.49. The summed E-state index contributed by atoms with van der Waals surface area (Å²) in [5, 5.41) is 8.68. The van der Waals surface area contributed by atoms with E-state index in [0.29, 0.717) is 17.7 Å². The number of hydrazine groups is 1. The van der Waals surface area contributed by atoms with Gasteiger partial charge in [-0.25, -0.2) is 15.0 Å². The number of thioether (sulfide) groups is 1. The third-order valence-electron chi connectivity index (χ3n) is 1.89. The fourth-order valence-corrected chi connectivity index (χ4v) is 1.93. The van der Waals surface area contributed by atoms with Gasteiger partial charge in [-0.1, -0.05) is 17.8 Å². The van der Waals surface area contributed by atoms with E-state index in [1.807, 2.05) is 0 Å². The Morgan fingerprint density at radius 3 is 2.81 bits per heavy atom. The van der Waals surface area contributed by atoms with Crippen molar-refractivity contribution in [1.29, 1.82) is 0 Å². The minimum Gasteiger partial charge on any atom is -0.477 e. The predicted molar refractivity (Wildman–Crippen MR) is 60.3 cm³/mol. The SMILES string of the molecule is NN/C(SC1=C(F)CCC=C1)=C(\N)C(=O)O. The maximum Gasteiger partial charge on any atom is 0.354 e. The van der Waals surface area contributed by atoms with E-state index in [9.17, 15) is 9.18 Å². The van der Waals surface area contributed by atoms with Crippen molar-refractivity contribution in [2.75, 3.05) is 0 Å². The van der Waals surface area contributed by atoms with Crippen LogP contribution in [0.25, 0.3) is 0 Å². The molecule has 0 aromatic rings. The summed E-state index contributed by atoms with van der Waals surface area (Å²) in [5.41, 5.74) is 7.00. The molecule has 0 saturated carbocycles. The summed E-state index contributed by atoms with van der Waals surface area (Å²) in [6.07, 6.45) is 4.33. The first-order valence-corrected chi connectivity index (χ1v) is 5.30. The second kappa shape index (κ2) is 5.57. The van der Waals surface area contributed by atoms with E-state index in [1.54, 1.807) is 12.2 Å². The lowest BCUT2D eigenvalue weighted by molar-refractivity contribution is -0.132. The van der Waals surface area contributed by atoms with Crippen LogP contribution in [0.2, 0.25) is 0 Å². The van der Waals surface area contributed by atoms with Crippen molar-refractivity contribution in [3.8, 4) is 0 Å². The molecule has 0 radical (unpaired) electrons. The Bertz CT molecular complexity index is 390. The van der Waals surface area contributed by atoms with Gasteiger partial charge in [0.05, 0.1) is 0 Å². The van der Waals surface area contributed by atoms with Gasteiger partial charge in [0.15, 0.2) is 0 Å². The smallest absolute Gasteiger partial charge is 0.354 e. The van der Waals surface area contributed by atoms with Crippen molar-refractivity contribution < 1.29 is 14.3 Å². The monoisotopic (exact) mass is 245 g/mol. The Balaban J connectivity index is 2.90. The van der Waals surface area contributed by atoms with Crippen molar-refractivity contribution >= 4 is 17.7 Å². The molecule has 0 saturated heterocycles. The molecule has 1 aliphatic rings. The highest BCUT2D eigenvalue weighted by atomic mass is 32.2. The molecule has 1 aliphatic carbocycles. The van der Waals surface area contributed by atoms with Gasteiger partial charge >= 0.3 is 5.97 Å². The van der Waals surface area contributed by atoms with Crippen LogP contribution < -0.4 is 17.0 Å². The van der Waals surface area contributed by atoms with E-state index < -0.39 is 11.7 Å². The number of aliphatic carboxylic acids is 1. The van der Waals surface area contributed by atoms with Crippen molar-refractivity contribution in [2.24, 2.45) is 11.6 Å². The average Bonchev–Trinajstić information content (AvgIpc) is 2.27. The molecule has 0 amide bonds. The summed E-state index contributed by atoms with van der Waals surface area (Å²) in [5.74, 6) is 3.54. The maximum atomic E-state index is 13.3. The standard InChI is InChI=1S/C9H12FN3O2S/c10-5-3-1-2-4-6(5)16-8(13-12)7(11)9(14)15/h2,4,13H,1,3,11-12H2,(H,14,15)/b8-7+. The van der Waals surface area contributed by atoms with Crippen LogP contribution in [-0.4, -0.2) is 11.1 Å². The van der Waals surface area contributed by atoms with Gasteiger partial charge in [0.25, 0.3) is 0 Å².